The van der Waals surface area contributed by atoms with Crippen molar-refractivity contribution in [3.63, 3.8) is 0 Å². The van der Waals surface area contributed by atoms with Gasteiger partial charge in [0.15, 0.2) is 0 Å². The van der Waals surface area contributed by atoms with E-state index in [9.17, 15) is 9.18 Å². The normalized spacial score (nSPS) is 16.1. The summed E-state index contributed by atoms with van der Waals surface area (Å²) in [6.45, 7) is 4.32. The number of ether oxygens (including phenoxy) is 1. The van der Waals surface area contributed by atoms with Crippen molar-refractivity contribution in [2.24, 2.45) is 5.73 Å². The summed E-state index contributed by atoms with van der Waals surface area (Å²) >= 11 is 0. The fraction of sp³-hybridized carbons (Fsp3) is 0.533. The molecular weight excluding hydrogens is 380 g/mol. The number of carbonyl (C=O) groups excluding carboxylic acids is 1. The summed E-state index contributed by atoms with van der Waals surface area (Å²) < 4.78 is 17.7. The van der Waals surface area contributed by atoms with Crippen LogP contribution in [0.2, 0.25) is 0 Å². The number of hydrogen-bond acceptors (Lipinski definition) is 5. The molecule has 0 aromatic heterocycles. The third-order valence-corrected chi connectivity index (χ3v) is 3.86. The molecule has 1 aromatic carbocycles. The van der Waals surface area contributed by atoms with Gasteiger partial charge in [-0.25, -0.2) is 4.39 Å². The van der Waals surface area contributed by atoms with E-state index in [2.05, 4.69) is 9.80 Å². The molecule has 9 heteroatoms. The van der Waals surface area contributed by atoms with Crippen molar-refractivity contribution in [1.82, 2.24) is 9.80 Å². The lowest BCUT2D eigenvalue weighted by Gasteiger charge is -2.37. The first-order valence-corrected chi connectivity index (χ1v) is 7.12. The lowest BCUT2D eigenvalue weighted by Crippen LogP contribution is -2.55. The molecule has 1 aliphatic rings. The molecule has 140 valence electrons. The van der Waals surface area contributed by atoms with Crippen molar-refractivity contribution in [2.45, 2.75) is 12.6 Å². The zero-order valence-electron chi connectivity index (χ0n) is 13.5. The van der Waals surface area contributed by atoms with Crippen molar-refractivity contribution in [1.29, 1.82) is 0 Å². The second kappa shape index (κ2) is 12.7. The minimum absolute atomic E-state index is 0. The molecule has 1 fully saturated rings. The molecule has 0 amide bonds. The fourth-order valence-electron chi connectivity index (χ4n) is 2.61. The molecule has 1 atom stereocenters. The summed E-state index contributed by atoms with van der Waals surface area (Å²) in [6, 6.07) is 6.21. The van der Waals surface area contributed by atoms with Crippen molar-refractivity contribution in [2.75, 3.05) is 39.8 Å². The first-order valence-electron chi connectivity index (χ1n) is 7.12. The molecular formula is C15H25Cl3FN3O2. The molecule has 1 aromatic rings. The van der Waals surface area contributed by atoms with E-state index in [1.165, 1.54) is 19.2 Å². The highest BCUT2D eigenvalue weighted by Gasteiger charge is 2.28. The van der Waals surface area contributed by atoms with Crippen LogP contribution in [0.25, 0.3) is 0 Å². The highest BCUT2D eigenvalue weighted by molar-refractivity contribution is 5.86. The van der Waals surface area contributed by atoms with Gasteiger partial charge in [0.05, 0.1) is 7.11 Å². The van der Waals surface area contributed by atoms with Crippen LogP contribution in [-0.2, 0) is 16.1 Å². The van der Waals surface area contributed by atoms with Crippen LogP contribution < -0.4 is 5.73 Å². The molecule has 1 aliphatic heterocycles. The number of benzene rings is 1. The molecule has 0 bridgehead atoms. The van der Waals surface area contributed by atoms with Crippen LogP contribution >= 0.6 is 37.2 Å². The van der Waals surface area contributed by atoms with Gasteiger partial charge in [-0.15, -0.1) is 37.2 Å². The number of carbonyl (C=O) groups is 1. The minimum Gasteiger partial charge on any atom is -0.468 e. The Hall–Kier alpha value is -0.630. The van der Waals surface area contributed by atoms with E-state index in [0.29, 0.717) is 0 Å². The Morgan fingerprint density at radius 2 is 1.71 bits per heavy atom. The Labute approximate surface area is 160 Å². The minimum atomic E-state index is -0.358. The number of nitrogens with two attached hydrogens (primary N) is 1. The zero-order valence-corrected chi connectivity index (χ0v) is 16.0. The Kier molecular flexibility index (Phi) is 13.5. The first kappa shape index (κ1) is 25.6. The second-order valence-electron chi connectivity index (χ2n) is 5.21. The van der Waals surface area contributed by atoms with Gasteiger partial charge in [-0.2, -0.15) is 0 Å². The van der Waals surface area contributed by atoms with Gasteiger partial charge < -0.3 is 10.5 Å². The van der Waals surface area contributed by atoms with Gasteiger partial charge in [0, 0.05) is 39.3 Å². The number of piperazine rings is 1. The Balaban J connectivity index is 0. The molecule has 2 N–H and O–H groups in total. The van der Waals surface area contributed by atoms with Crippen LogP contribution in [0.5, 0.6) is 0 Å². The Morgan fingerprint density at radius 1 is 1.17 bits per heavy atom. The van der Waals surface area contributed by atoms with E-state index in [1.54, 1.807) is 12.1 Å². The molecule has 5 nitrogen and oxygen atoms in total. The van der Waals surface area contributed by atoms with E-state index in [1.807, 2.05) is 0 Å². The monoisotopic (exact) mass is 403 g/mol. The quantitative estimate of drug-likeness (QED) is 0.757. The van der Waals surface area contributed by atoms with Crippen LogP contribution in [0.15, 0.2) is 24.3 Å². The SMILES string of the molecule is COC(=O)C(CN)N1CCN(Cc2ccc(F)cc2)CC1.Cl.Cl.Cl. The summed E-state index contributed by atoms with van der Waals surface area (Å²) in [5, 5.41) is 0. The first-order chi connectivity index (χ1) is 10.1. The van der Waals surface area contributed by atoms with Crippen LogP contribution in [0, 0.1) is 5.82 Å². The third kappa shape index (κ3) is 7.09. The largest absolute Gasteiger partial charge is 0.468 e. The van der Waals surface area contributed by atoms with Gasteiger partial charge in [-0.05, 0) is 17.7 Å². The number of esters is 1. The fourth-order valence-corrected chi connectivity index (χ4v) is 2.61. The van der Waals surface area contributed by atoms with Gasteiger partial charge in [0.1, 0.15) is 11.9 Å². The molecule has 1 unspecified atom stereocenters. The van der Waals surface area contributed by atoms with Gasteiger partial charge in [-0.3, -0.25) is 14.6 Å². The van der Waals surface area contributed by atoms with E-state index in [0.717, 1.165) is 38.3 Å². The van der Waals surface area contributed by atoms with E-state index in [4.69, 9.17) is 10.5 Å². The standard InChI is InChI=1S/C15H22FN3O2.3ClH/c1-21-15(20)14(10-17)19-8-6-18(7-9-19)11-12-2-4-13(16)5-3-12;;;/h2-5,14H,6-11,17H2,1H3;3*1H. The van der Waals surface area contributed by atoms with E-state index >= 15 is 0 Å². The number of hydrogen-bond donors (Lipinski definition) is 1. The summed E-state index contributed by atoms with van der Waals surface area (Å²) in [5.41, 5.74) is 6.75. The molecule has 1 heterocycles. The number of halogens is 4. The highest BCUT2D eigenvalue weighted by Crippen LogP contribution is 2.11. The molecule has 1 saturated heterocycles. The zero-order chi connectivity index (χ0) is 15.2. The molecule has 24 heavy (non-hydrogen) atoms. The van der Waals surface area contributed by atoms with Gasteiger partial charge in [-0.1, -0.05) is 12.1 Å². The molecule has 0 spiro atoms. The average molecular weight is 405 g/mol. The maximum atomic E-state index is 12.9. The van der Waals surface area contributed by atoms with Crippen LogP contribution in [0.4, 0.5) is 4.39 Å². The maximum absolute atomic E-state index is 12.9. The molecule has 2 rings (SSSR count). The van der Waals surface area contributed by atoms with Gasteiger partial charge in [0.25, 0.3) is 0 Å². The third-order valence-electron chi connectivity index (χ3n) is 3.86. The van der Waals surface area contributed by atoms with Crippen molar-refractivity contribution in [3.05, 3.63) is 35.6 Å². The summed E-state index contributed by atoms with van der Waals surface area (Å²) in [6.07, 6.45) is 0. The van der Waals surface area contributed by atoms with Crippen LogP contribution in [-0.4, -0.2) is 61.6 Å². The lowest BCUT2D eigenvalue weighted by molar-refractivity contribution is -0.147. The molecule has 0 radical (unpaired) electrons. The van der Waals surface area contributed by atoms with E-state index < -0.39 is 0 Å². The van der Waals surface area contributed by atoms with E-state index in [-0.39, 0.29) is 61.6 Å². The Morgan fingerprint density at radius 3 is 2.17 bits per heavy atom. The lowest BCUT2D eigenvalue weighted by atomic mass is 10.1. The maximum Gasteiger partial charge on any atom is 0.324 e. The molecule has 0 saturated carbocycles. The summed E-state index contributed by atoms with van der Waals surface area (Å²) in [7, 11) is 1.38. The predicted molar refractivity (Wildman–Crippen MR) is 99.9 cm³/mol. The van der Waals surface area contributed by atoms with Crippen molar-refractivity contribution in [3.8, 4) is 0 Å². The van der Waals surface area contributed by atoms with Crippen LogP contribution in [0.1, 0.15) is 5.56 Å². The number of nitrogens with zero attached hydrogens (tertiary/aromatic N) is 2. The average Bonchev–Trinajstić information content (AvgIpc) is 2.51. The van der Waals surface area contributed by atoms with Crippen LogP contribution in [0.3, 0.4) is 0 Å². The Bertz CT molecular complexity index is 472. The highest BCUT2D eigenvalue weighted by atomic mass is 35.5. The smallest absolute Gasteiger partial charge is 0.324 e. The number of methoxy groups -OCH3 is 1. The van der Waals surface area contributed by atoms with Crippen molar-refractivity contribution >= 4 is 43.2 Å². The number of rotatable bonds is 5. The summed E-state index contributed by atoms with van der Waals surface area (Å²) in [4.78, 5) is 16.0. The summed E-state index contributed by atoms with van der Waals surface area (Å²) in [5.74, 6) is -0.489. The topological polar surface area (TPSA) is 58.8 Å². The van der Waals surface area contributed by atoms with Gasteiger partial charge >= 0.3 is 5.97 Å². The predicted octanol–water partition coefficient (Wildman–Crippen LogP) is 1.71. The van der Waals surface area contributed by atoms with Gasteiger partial charge in [0.2, 0.25) is 0 Å². The second-order valence-corrected chi connectivity index (χ2v) is 5.21. The van der Waals surface area contributed by atoms with Crippen molar-refractivity contribution < 1.29 is 13.9 Å². The molecule has 0 aliphatic carbocycles.